The molecule has 1 aliphatic heterocycles. The van der Waals surface area contributed by atoms with Crippen molar-refractivity contribution in [3.05, 3.63) is 54.4 Å². The van der Waals surface area contributed by atoms with Crippen molar-refractivity contribution in [2.75, 3.05) is 37.6 Å². The van der Waals surface area contributed by atoms with Gasteiger partial charge in [0.2, 0.25) is 0 Å². The number of rotatable bonds is 6. The molecule has 1 unspecified atom stereocenters. The molecule has 1 saturated heterocycles. The maximum atomic E-state index is 9.49. The average molecular weight is 391 g/mol. The van der Waals surface area contributed by atoms with E-state index in [1.54, 1.807) is 0 Å². The van der Waals surface area contributed by atoms with Crippen molar-refractivity contribution in [2.45, 2.75) is 32.8 Å². The van der Waals surface area contributed by atoms with Gasteiger partial charge in [0.25, 0.3) is 0 Å². The Morgan fingerprint density at radius 1 is 1.07 bits per heavy atom. The minimum atomic E-state index is -0.297. The SMILES string of the molecule is CCN1CCN(c2nc(-c3ccc(CCC(C)O)nc3)cc3ccccc23)CC1. The first-order valence-corrected chi connectivity index (χ1v) is 10.6. The van der Waals surface area contributed by atoms with Gasteiger partial charge in [0, 0.05) is 49.0 Å². The van der Waals surface area contributed by atoms with Crippen molar-refractivity contribution in [1.82, 2.24) is 14.9 Å². The summed E-state index contributed by atoms with van der Waals surface area (Å²) in [7, 11) is 0. The molecule has 1 aromatic carbocycles. The molecule has 152 valence electrons. The van der Waals surface area contributed by atoms with Crippen molar-refractivity contribution in [1.29, 1.82) is 0 Å². The first-order valence-electron chi connectivity index (χ1n) is 10.6. The van der Waals surface area contributed by atoms with Crippen molar-refractivity contribution in [2.24, 2.45) is 0 Å². The number of nitrogens with zero attached hydrogens (tertiary/aromatic N) is 4. The van der Waals surface area contributed by atoms with Crippen LogP contribution in [0.15, 0.2) is 48.7 Å². The van der Waals surface area contributed by atoms with Gasteiger partial charge in [-0.3, -0.25) is 4.98 Å². The standard InChI is InChI=1S/C24H30N4O/c1-3-27-12-14-28(15-13-27)24-22-7-5-4-6-19(22)16-23(26-24)20-9-11-21(25-17-20)10-8-18(2)29/h4-7,9,11,16-18,29H,3,8,10,12-15H2,1-2H3. The number of aryl methyl sites for hydroxylation is 1. The first-order chi connectivity index (χ1) is 14.1. The molecule has 0 aliphatic carbocycles. The number of hydrogen-bond acceptors (Lipinski definition) is 5. The Kier molecular flexibility index (Phi) is 6.07. The Morgan fingerprint density at radius 2 is 1.86 bits per heavy atom. The summed E-state index contributed by atoms with van der Waals surface area (Å²) in [5, 5.41) is 11.9. The van der Waals surface area contributed by atoms with Crippen LogP contribution in [0.2, 0.25) is 0 Å². The molecule has 3 aromatic rings. The number of aromatic nitrogens is 2. The lowest BCUT2D eigenvalue weighted by Crippen LogP contribution is -2.46. The summed E-state index contributed by atoms with van der Waals surface area (Å²) in [5.74, 6) is 1.08. The van der Waals surface area contributed by atoms with Crippen molar-refractivity contribution in [3.8, 4) is 11.3 Å². The van der Waals surface area contributed by atoms with Crippen LogP contribution in [0.1, 0.15) is 26.0 Å². The highest BCUT2D eigenvalue weighted by Crippen LogP contribution is 2.30. The third-order valence-corrected chi connectivity index (χ3v) is 5.78. The van der Waals surface area contributed by atoms with E-state index in [2.05, 4.69) is 58.1 Å². The molecule has 1 fully saturated rings. The quantitative estimate of drug-likeness (QED) is 0.695. The third kappa shape index (κ3) is 4.57. The van der Waals surface area contributed by atoms with E-state index >= 15 is 0 Å². The van der Waals surface area contributed by atoms with Gasteiger partial charge in [-0.05, 0) is 49.9 Å². The van der Waals surface area contributed by atoms with Crippen LogP contribution in [0.3, 0.4) is 0 Å². The lowest BCUT2D eigenvalue weighted by atomic mass is 10.1. The monoisotopic (exact) mass is 390 g/mol. The fourth-order valence-electron chi connectivity index (χ4n) is 3.93. The van der Waals surface area contributed by atoms with Gasteiger partial charge in [-0.1, -0.05) is 31.2 Å². The molecule has 2 aromatic heterocycles. The summed E-state index contributed by atoms with van der Waals surface area (Å²) < 4.78 is 0. The maximum absolute atomic E-state index is 9.49. The smallest absolute Gasteiger partial charge is 0.137 e. The van der Waals surface area contributed by atoms with Gasteiger partial charge in [0.15, 0.2) is 0 Å². The zero-order valence-corrected chi connectivity index (χ0v) is 17.4. The van der Waals surface area contributed by atoms with E-state index in [0.29, 0.717) is 0 Å². The Labute approximate surface area is 173 Å². The van der Waals surface area contributed by atoms with E-state index < -0.39 is 0 Å². The number of hydrogen-bond donors (Lipinski definition) is 1. The largest absolute Gasteiger partial charge is 0.393 e. The fourth-order valence-corrected chi connectivity index (χ4v) is 3.93. The van der Waals surface area contributed by atoms with Gasteiger partial charge in [-0.15, -0.1) is 0 Å². The van der Waals surface area contributed by atoms with Crippen LogP contribution < -0.4 is 4.90 Å². The van der Waals surface area contributed by atoms with Crippen LogP contribution in [0.4, 0.5) is 5.82 Å². The number of likely N-dealkylation sites (N-methyl/N-ethyl adjacent to an activating group) is 1. The van der Waals surface area contributed by atoms with Crippen molar-refractivity contribution < 1.29 is 5.11 Å². The highest BCUT2D eigenvalue weighted by molar-refractivity contribution is 5.95. The second-order valence-electron chi connectivity index (χ2n) is 7.90. The number of fused-ring (bicyclic) bond motifs is 1. The highest BCUT2D eigenvalue weighted by atomic mass is 16.3. The van der Waals surface area contributed by atoms with E-state index in [4.69, 9.17) is 4.98 Å². The molecule has 29 heavy (non-hydrogen) atoms. The molecule has 1 atom stereocenters. The molecule has 4 rings (SSSR count). The lowest BCUT2D eigenvalue weighted by molar-refractivity contribution is 0.184. The molecule has 1 N–H and O–H groups in total. The van der Waals surface area contributed by atoms with E-state index in [-0.39, 0.29) is 6.10 Å². The number of aliphatic hydroxyl groups excluding tert-OH is 1. The normalized spacial score (nSPS) is 16.3. The zero-order valence-electron chi connectivity index (χ0n) is 17.4. The molecule has 1 aliphatic rings. The Bertz CT molecular complexity index is 947. The zero-order chi connectivity index (χ0) is 20.2. The maximum Gasteiger partial charge on any atom is 0.137 e. The summed E-state index contributed by atoms with van der Waals surface area (Å²) in [6.45, 7) is 9.31. The van der Waals surface area contributed by atoms with Gasteiger partial charge in [-0.25, -0.2) is 4.98 Å². The molecule has 0 spiro atoms. The third-order valence-electron chi connectivity index (χ3n) is 5.78. The minimum absolute atomic E-state index is 0.297. The van der Waals surface area contributed by atoms with Crippen LogP contribution in [-0.2, 0) is 6.42 Å². The number of anilines is 1. The minimum Gasteiger partial charge on any atom is -0.393 e. The van der Waals surface area contributed by atoms with Crippen LogP contribution in [0, 0.1) is 0 Å². The Hall–Kier alpha value is -2.50. The van der Waals surface area contributed by atoms with E-state index in [0.717, 1.165) is 68.3 Å². The lowest BCUT2D eigenvalue weighted by Gasteiger charge is -2.35. The van der Waals surface area contributed by atoms with Crippen LogP contribution in [-0.4, -0.2) is 58.8 Å². The summed E-state index contributed by atoms with van der Waals surface area (Å²) in [5.41, 5.74) is 3.00. The summed E-state index contributed by atoms with van der Waals surface area (Å²) >= 11 is 0. The van der Waals surface area contributed by atoms with E-state index in [1.165, 1.54) is 10.8 Å². The van der Waals surface area contributed by atoms with Crippen molar-refractivity contribution in [3.63, 3.8) is 0 Å². The summed E-state index contributed by atoms with van der Waals surface area (Å²) in [6, 6.07) is 14.8. The van der Waals surface area contributed by atoms with Crippen LogP contribution >= 0.6 is 0 Å². The van der Waals surface area contributed by atoms with Crippen LogP contribution in [0.25, 0.3) is 22.0 Å². The van der Waals surface area contributed by atoms with Gasteiger partial charge in [0.1, 0.15) is 5.82 Å². The van der Waals surface area contributed by atoms with Crippen molar-refractivity contribution >= 4 is 16.6 Å². The van der Waals surface area contributed by atoms with E-state index in [9.17, 15) is 5.11 Å². The fraction of sp³-hybridized carbons (Fsp3) is 0.417. The number of pyridine rings is 2. The molecular weight excluding hydrogens is 360 g/mol. The molecule has 0 bridgehead atoms. The second kappa shape index (κ2) is 8.89. The number of piperazine rings is 1. The molecule has 5 heteroatoms. The van der Waals surface area contributed by atoms with Crippen LogP contribution in [0.5, 0.6) is 0 Å². The molecular formula is C24H30N4O. The predicted octanol–water partition coefficient (Wildman–Crippen LogP) is 3.75. The van der Waals surface area contributed by atoms with Gasteiger partial charge < -0.3 is 14.9 Å². The molecule has 5 nitrogen and oxygen atoms in total. The first kappa shape index (κ1) is 19.8. The van der Waals surface area contributed by atoms with Gasteiger partial charge in [-0.2, -0.15) is 0 Å². The molecule has 3 heterocycles. The predicted molar refractivity (Wildman–Crippen MR) is 119 cm³/mol. The summed E-state index contributed by atoms with van der Waals surface area (Å²) in [4.78, 5) is 14.6. The second-order valence-corrected chi connectivity index (χ2v) is 7.90. The van der Waals surface area contributed by atoms with Gasteiger partial charge in [0.05, 0.1) is 11.8 Å². The molecule has 0 saturated carbocycles. The topological polar surface area (TPSA) is 52.5 Å². The molecule has 0 amide bonds. The average Bonchev–Trinajstić information content (AvgIpc) is 2.77. The number of aliphatic hydroxyl groups is 1. The van der Waals surface area contributed by atoms with Gasteiger partial charge >= 0.3 is 0 Å². The number of benzene rings is 1. The Morgan fingerprint density at radius 3 is 2.55 bits per heavy atom. The highest BCUT2D eigenvalue weighted by Gasteiger charge is 2.19. The summed E-state index contributed by atoms with van der Waals surface area (Å²) in [6.07, 6.45) is 3.13. The molecule has 0 radical (unpaired) electrons. The Balaban J connectivity index is 1.65. The van der Waals surface area contributed by atoms with E-state index in [1.807, 2.05) is 19.2 Å².